The average Bonchev–Trinajstić information content (AvgIpc) is 2.39. The number of hydrogen-bond acceptors (Lipinski definition) is 1. The SMILES string of the molecule is O=CC1(c2ccc(C(F)(F)F)cc2)CCCCC1. The Labute approximate surface area is 104 Å². The summed E-state index contributed by atoms with van der Waals surface area (Å²) < 4.78 is 37.4. The number of carbonyl (C=O) groups excluding carboxylic acids is 1. The Balaban J connectivity index is 2.30. The zero-order valence-corrected chi connectivity index (χ0v) is 9.96. The summed E-state index contributed by atoms with van der Waals surface area (Å²) >= 11 is 0. The second kappa shape index (κ2) is 4.75. The van der Waals surface area contributed by atoms with Crippen LogP contribution in [0.15, 0.2) is 24.3 Å². The fourth-order valence-corrected chi connectivity index (χ4v) is 2.65. The normalized spacial score (nSPS) is 19.5. The molecule has 98 valence electrons. The first-order valence-corrected chi connectivity index (χ1v) is 6.12. The molecule has 0 saturated heterocycles. The van der Waals surface area contributed by atoms with E-state index in [2.05, 4.69) is 0 Å². The van der Waals surface area contributed by atoms with Gasteiger partial charge >= 0.3 is 6.18 Å². The molecule has 1 nitrogen and oxygen atoms in total. The Hall–Kier alpha value is -1.32. The molecule has 0 unspecified atom stereocenters. The summed E-state index contributed by atoms with van der Waals surface area (Å²) in [4.78, 5) is 11.3. The van der Waals surface area contributed by atoms with Gasteiger partial charge < -0.3 is 4.79 Å². The molecule has 1 aliphatic rings. The van der Waals surface area contributed by atoms with E-state index in [1.54, 1.807) is 0 Å². The average molecular weight is 256 g/mol. The van der Waals surface area contributed by atoms with Crippen LogP contribution in [-0.2, 0) is 16.4 Å². The summed E-state index contributed by atoms with van der Waals surface area (Å²) in [6.45, 7) is 0. The van der Waals surface area contributed by atoms with Gasteiger partial charge in [-0.2, -0.15) is 13.2 Å². The Kier molecular flexibility index (Phi) is 3.46. The van der Waals surface area contributed by atoms with Crippen LogP contribution in [0.3, 0.4) is 0 Å². The third-order valence-corrected chi connectivity index (χ3v) is 3.76. The number of rotatable bonds is 2. The van der Waals surface area contributed by atoms with E-state index < -0.39 is 17.2 Å². The lowest BCUT2D eigenvalue weighted by molar-refractivity contribution is -0.137. The number of halogens is 3. The van der Waals surface area contributed by atoms with Crippen molar-refractivity contribution in [3.8, 4) is 0 Å². The van der Waals surface area contributed by atoms with Crippen LogP contribution in [0.5, 0.6) is 0 Å². The molecule has 1 saturated carbocycles. The number of hydrogen-bond donors (Lipinski definition) is 0. The summed E-state index contributed by atoms with van der Waals surface area (Å²) in [7, 11) is 0. The van der Waals surface area contributed by atoms with Gasteiger partial charge in [-0.15, -0.1) is 0 Å². The summed E-state index contributed by atoms with van der Waals surface area (Å²) in [5, 5.41) is 0. The van der Waals surface area contributed by atoms with Crippen molar-refractivity contribution in [3.63, 3.8) is 0 Å². The summed E-state index contributed by atoms with van der Waals surface area (Å²) in [5.74, 6) is 0. The van der Waals surface area contributed by atoms with Crippen molar-refractivity contribution in [3.05, 3.63) is 35.4 Å². The highest BCUT2D eigenvalue weighted by molar-refractivity contribution is 5.68. The predicted molar refractivity (Wildman–Crippen MR) is 62.3 cm³/mol. The highest BCUT2D eigenvalue weighted by Crippen LogP contribution is 2.39. The van der Waals surface area contributed by atoms with Gasteiger partial charge in [0.2, 0.25) is 0 Å². The molecule has 1 fully saturated rings. The second-order valence-electron chi connectivity index (χ2n) is 4.91. The molecule has 1 aromatic rings. The van der Waals surface area contributed by atoms with Crippen molar-refractivity contribution in [1.29, 1.82) is 0 Å². The molecule has 0 spiro atoms. The molecule has 0 aliphatic heterocycles. The molecular weight excluding hydrogens is 241 g/mol. The molecule has 0 bridgehead atoms. The molecule has 1 aliphatic carbocycles. The lowest BCUT2D eigenvalue weighted by atomic mass is 9.70. The second-order valence-corrected chi connectivity index (χ2v) is 4.91. The quantitative estimate of drug-likeness (QED) is 0.728. The molecule has 0 atom stereocenters. The highest BCUT2D eigenvalue weighted by atomic mass is 19.4. The maximum Gasteiger partial charge on any atom is 0.416 e. The first-order chi connectivity index (χ1) is 8.48. The molecular formula is C14H15F3O. The van der Waals surface area contributed by atoms with E-state index in [1.807, 2.05) is 0 Å². The number of aldehydes is 1. The van der Waals surface area contributed by atoms with Gasteiger partial charge in [0.1, 0.15) is 6.29 Å². The third kappa shape index (κ3) is 2.42. The summed E-state index contributed by atoms with van der Waals surface area (Å²) in [5.41, 5.74) is -0.518. The maximum absolute atomic E-state index is 12.5. The van der Waals surface area contributed by atoms with E-state index in [-0.39, 0.29) is 0 Å². The van der Waals surface area contributed by atoms with Crippen molar-refractivity contribution >= 4 is 6.29 Å². The van der Waals surface area contributed by atoms with Crippen LogP contribution in [-0.4, -0.2) is 6.29 Å². The van der Waals surface area contributed by atoms with Crippen molar-refractivity contribution in [2.24, 2.45) is 0 Å². The molecule has 0 heterocycles. The van der Waals surface area contributed by atoms with Crippen LogP contribution >= 0.6 is 0 Å². The molecule has 0 amide bonds. The molecule has 0 radical (unpaired) electrons. The van der Waals surface area contributed by atoms with Crippen LogP contribution in [0, 0.1) is 0 Å². The van der Waals surface area contributed by atoms with Gasteiger partial charge in [0.25, 0.3) is 0 Å². The van der Waals surface area contributed by atoms with Crippen LogP contribution in [0.2, 0.25) is 0 Å². The number of carbonyl (C=O) groups is 1. The largest absolute Gasteiger partial charge is 0.416 e. The van der Waals surface area contributed by atoms with Gasteiger partial charge in [-0.05, 0) is 30.5 Å². The van der Waals surface area contributed by atoms with E-state index >= 15 is 0 Å². The minimum Gasteiger partial charge on any atom is -0.302 e. The van der Waals surface area contributed by atoms with E-state index in [4.69, 9.17) is 0 Å². The molecule has 2 rings (SSSR count). The predicted octanol–water partition coefficient (Wildman–Crippen LogP) is 4.11. The standard InChI is InChI=1S/C14H15F3O/c15-14(16,17)12-6-4-11(5-7-12)13(10-18)8-2-1-3-9-13/h4-7,10H,1-3,8-9H2. The van der Waals surface area contributed by atoms with Gasteiger partial charge in [0, 0.05) is 0 Å². The first-order valence-electron chi connectivity index (χ1n) is 6.12. The highest BCUT2D eigenvalue weighted by Gasteiger charge is 2.35. The zero-order valence-electron chi connectivity index (χ0n) is 9.96. The summed E-state index contributed by atoms with van der Waals surface area (Å²) in [6.07, 6.45) is 1.08. The Bertz CT molecular complexity index is 414. The Morgan fingerprint density at radius 1 is 1.00 bits per heavy atom. The topological polar surface area (TPSA) is 17.1 Å². The van der Waals surface area contributed by atoms with Crippen molar-refractivity contribution in [2.45, 2.75) is 43.7 Å². The minimum absolute atomic E-state index is 0.567. The zero-order chi connectivity index (χ0) is 13.2. The molecule has 1 aromatic carbocycles. The van der Waals surface area contributed by atoms with Crippen LogP contribution in [0.1, 0.15) is 43.2 Å². The third-order valence-electron chi connectivity index (χ3n) is 3.76. The number of benzene rings is 1. The van der Waals surface area contributed by atoms with Gasteiger partial charge in [-0.25, -0.2) is 0 Å². The fourth-order valence-electron chi connectivity index (χ4n) is 2.65. The van der Waals surface area contributed by atoms with E-state index in [1.165, 1.54) is 12.1 Å². The van der Waals surface area contributed by atoms with Gasteiger partial charge in [0.15, 0.2) is 0 Å². The van der Waals surface area contributed by atoms with Crippen LogP contribution in [0.4, 0.5) is 13.2 Å². The molecule has 4 heteroatoms. The fraction of sp³-hybridized carbons (Fsp3) is 0.500. The van der Waals surface area contributed by atoms with Crippen molar-refractivity contribution in [2.75, 3.05) is 0 Å². The Morgan fingerprint density at radius 3 is 2.00 bits per heavy atom. The molecule has 18 heavy (non-hydrogen) atoms. The first kappa shape index (κ1) is 13.1. The van der Waals surface area contributed by atoms with Crippen molar-refractivity contribution in [1.82, 2.24) is 0 Å². The maximum atomic E-state index is 12.5. The lowest BCUT2D eigenvalue weighted by Crippen LogP contribution is -2.30. The van der Waals surface area contributed by atoms with Gasteiger partial charge in [-0.1, -0.05) is 31.4 Å². The monoisotopic (exact) mass is 256 g/mol. The number of alkyl halides is 3. The van der Waals surface area contributed by atoms with E-state index in [0.29, 0.717) is 5.56 Å². The minimum atomic E-state index is -4.32. The lowest BCUT2D eigenvalue weighted by Gasteiger charge is -2.32. The van der Waals surface area contributed by atoms with Crippen LogP contribution < -0.4 is 0 Å². The van der Waals surface area contributed by atoms with Gasteiger partial charge in [-0.3, -0.25) is 0 Å². The molecule has 0 N–H and O–H groups in total. The van der Waals surface area contributed by atoms with Gasteiger partial charge in [0.05, 0.1) is 11.0 Å². The summed E-state index contributed by atoms with van der Waals surface area (Å²) in [6, 6.07) is 5.02. The van der Waals surface area contributed by atoms with Crippen molar-refractivity contribution < 1.29 is 18.0 Å². The smallest absolute Gasteiger partial charge is 0.302 e. The molecule has 0 aromatic heterocycles. The Morgan fingerprint density at radius 2 is 1.56 bits per heavy atom. The van der Waals surface area contributed by atoms with E-state index in [9.17, 15) is 18.0 Å². The van der Waals surface area contributed by atoms with E-state index in [0.717, 1.165) is 50.5 Å². The van der Waals surface area contributed by atoms with Crippen LogP contribution in [0.25, 0.3) is 0 Å².